The van der Waals surface area contributed by atoms with E-state index in [1.54, 1.807) is 0 Å². The van der Waals surface area contributed by atoms with Crippen molar-refractivity contribution >= 4 is 11.6 Å². The van der Waals surface area contributed by atoms with Crippen molar-refractivity contribution in [2.75, 3.05) is 44.2 Å². The summed E-state index contributed by atoms with van der Waals surface area (Å²) < 4.78 is 5.67. The number of aliphatic imine (C=N–C) groups is 1. The zero-order valence-electron chi connectivity index (χ0n) is 14.7. The molecule has 0 aliphatic carbocycles. The minimum absolute atomic E-state index is 0.342. The molecule has 5 nitrogen and oxygen atoms in total. The maximum Gasteiger partial charge on any atom is 0.191 e. The smallest absolute Gasteiger partial charge is 0.191 e. The van der Waals surface area contributed by atoms with Crippen LogP contribution >= 0.6 is 0 Å². The summed E-state index contributed by atoms with van der Waals surface area (Å²) in [6, 6.07) is 10.7. The first-order valence-electron chi connectivity index (χ1n) is 9.29. The Balaban J connectivity index is 1.47. The van der Waals surface area contributed by atoms with E-state index in [9.17, 15) is 0 Å². The van der Waals surface area contributed by atoms with Crippen molar-refractivity contribution in [1.29, 1.82) is 0 Å². The van der Waals surface area contributed by atoms with Gasteiger partial charge in [-0.1, -0.05) is 18.2 Å². The van der Waals surface area contributed by atoms with Crippen molar-refractivity contribution in [3.63, 3.8) is 0 Å². The fourth-order valence-electron chi connectivity index (χ4n) is 3.43. The number of nitrogens with one attached hydrogen (secondary N) is 2. The van der Waals surface area contributed by atoms with Gasteiger partial charge in [-0.05, 0) is 44.2 Å². The van der Waals surface area contributed by atoms with Crippen LogP contribution in [-0.2, 0) is 4.74 Å². The molecule has 2 heterocycles. The highest BCUT2D eigenvalue weighted by Crippen LogP contribution is 2.23. The molecule has 2 atom stereocenters. The van der Waals surface area contributed by atoms with Gasteiger partial charge in [0.15, 0.2) is 5.96 Å². The monoisotopic (exact) mass is 330 g/mol. The number of benzene rings is 1. The summed E-state index contributed by atoms with van der Waals surface area (Å²) >= 11 is 0. The number of hydrogen-bond donors (Lipinski definition) is 2. The van der Waals surface area contributed by atoms with Gasteiger partial charge in [-0.2, -0.15) is 0 Å². The van der Waals surface area contributed by atoms with E-state index in [0.29, 0.717) is 12.0 Å². The lowest BCUT2D eigenvalue weighted by molar-refractivity contribution is 0.114. The molecule has 2 saturated heterocycles. The first-order chi connectivity index (χ1) is 11.8. The maximum absolute atomic E-state index is 5.67. The second-order valence-electron chi connectivity index (χ2n) is 6.67. The Kier molecular flexibility index (Phi) is 6.35. The lowest BCUT2D eigenvalue weighted by Crippen LogP contribution is -2.41. The number of ether oxygens (including phenoxy) is 1. The molecule has 5 heteroatoms. The average molecular weight is 330 g/mol. The third-order valence-corrected chi connectivity index (χ3v) is 4.78. The van der Waals surface area contributed by atoms with Gasteiger partial charge in [-0.25, -0.2) is 0 Å². The number of nitrogens with zero attached hydrogens (tertiary/aromatic N) is 2. The van der Waals surface area contributed by atoms with Crippen molar-refractivity contribution < 1.29 is 4.74 Å². The Bertz CT molecular complexity index is 513. The second kappa shape index (κ2) is 8.92. The van der Waals surface area contributed by atoms with Crippen LogP contribution in [-0.4, -0.2) is 51.4 Å². The molecule has 2 aliphatic heterocycles. The highest BCUT2D eigenvalue weighted by molar-refractivity contribution is 5.79. The van der Waals surface area contributed by atoms with Crippen LogP contribution in [0.25, 0.3) is 0 Å². The summed E-state index contributed by atoms with van der Waals surface area (Å²) in [5, 5.41) is 6.77. The van der Waals surface area contributed by atoms with Crippen LogP contribution in [0.5, 0.6) is 0 Å². The minimum atomic E-state index is 0.342. The molecule has 2 N–H and O–H groups in total. The van der Waals surface area contributed by atoms with Crippen molar-refractivity contribution in [1.82, 2.24) is 10.6 Å². The van der Waals surface area contributed by atoms with Gasteiger partial charge in [0.25, 0.3) is 0 Å². The highest BCUT2D eigenvalue weighted by Gasteiger charge is 2.22. The molecule has 2 aliphatic rings. The number of para-hydroxylation sites is 1. The van der Waals surface area contributed by atoms with Crippen molar-refractivity contribution in [2.24, 2.45) is 10.9 Å². The van der Waals surface area contributed by atoms with Crippen molar-refractivity contribution in [2.45, 2.75) is 32.3 Å². The lowest BCUT2D eigenvalue weighted by Gasteiger charge is -2.18. The molecule has 132 valence electrons. The Hall–Kier alpha value is -1.75. The summed E-state index contributed by atoms with van der Waals surface area (Å²) in [6.45, 7) is 7.85. The Morgan fingerprint density at radius 3 is 2.88 bits per heavy atom. The van der Waals surface area contributed by atoms with Crippen LogP contribution in [0.1, 0.15) is 26.2 Å². The van der Waals surface area contributed by atoms with Gasteiger partial charge in [-0.15, -0.1) is 0 Å². The van der Waals surface area contributed by atoms with E-state index in [2.05, 4.69) is 52.8 Å². The zero-order chi connectivity index (χ0) is 16.6. The molecule has 2 fully saturated rings. The van der Waals surface area contributed by atoms with Crippen LogP contribution in [0.15, 0.2) is 35.3 Å². The molecule has 0 radical (unpaired) electrons. The summed E-state index contributed by atoms with van der Waals surface area (Å²) in [4.78, 5) is 7.26. The largest absolute Gasteiger partial charge is 0.376 e. The van der Waals surface area contributed by atoms with Gasteiger partial charge in [0.05, 0.1) is 6.10 Å². The molecule has 0 spiro atoms. The molecule has 0 amide bonds. The van der Waals surface area contributed by atoms with Gasteiger partial charge in [0.1, 0.15) is 0 Å². The molecule has 0 bridgehead atoms. The van der Waals surface area contributed by atoms with E-state index in [1.165, 1.54) is 18.5 Å². The van der Waals surface area contributed by atoms with Gasteiger partial charge in [-0.3, -0.25) is 4.99 Å². The van der Waals surface area contributed by atoms with Crippen LogP contribution in [0.2, 0.25) is 0 Å². The topological polar surface area (TPSA) is 48.9 Å². The first kappa shape index (κ1) is 17.1. The SMILES string of the molecule is CCNC(=NCC1CCN(c2ccccc2)C1)NCC1CCCO1. The Morgan fingerprint density at radius 1 is 1.25 bits per heavy atom. The molecule has 2 unspecified atom stereocenters. The third-order valence-electron chi connectivity index (χ3n) is 4.78. The van der Waals surface area contributed by atoms with Crippen LogP contribution in [0.3, 0.4) is 0 Å². The highest BCUT2D eigenvalue weighted by atomic mass is 16.5. The minimum Gasteiger partial charge on any atom is -0.376 e. The second-order valence-corrected chi connectivity index (χ2v) is 6.67. The number of rotatable bonds is 6. The number of anilines is 1. The molecule has 24 heavy (non-hydrogen) atoms. The molecule has 0 saturated carbocycles. The predicted molar refractivity (Wildman–Crippen MR) is 99.7 cm³/mol. The summed E-state index contributed by atoms with van der Waals surface area (Å²) in [6.07, 6.45) is 3.89. The Morgan fingerprint density at radius 2 is 2.12 bits per heavy atom. The molecule has 0 aromatic heterocycles. The number of hydrogen-bond acceptors (Lipinski definition) is 3. The van der Waals surface area contributed by atoms with E-state index in [1.807, 2.05) is 0 Å². The fourth-order valence-corrected chi connectivity index (χ4v) is 3.43. The lowest BCUT2D eigenvalue weighted by atomic mass is 10.1. The number of guanidine groups is 1. The average Bonchev–Trinajstić information content (AvgIpc) is 3.30. The fraction of sp³-hybridized carbons (Fsp3) is 0.632. The zero-order valence-corrected chi connectivity index (χ0v) is 14.7. The van der Waals surface area contributed by atoms with E-state index >= 15 is 0 Å². The molecule has 1 aromatic carbocycles. The van der Waals surface area contributed by atoms with E-state index in [0.717, 1.165) is 51.7 Å². The van der Waals surface area contributed by atoms with Gasteiger partial charge in [0.2, 0.25) is 0 Å². The van der Waals surface area contributed by atoms with E-state index < -0.39 is 0 Å². The van der Waals surface area contributed by atoms with E-state index in [-0.39, 0.29) is 0 Å². The summed E-state index contributed by atoms with van der Waals surface area (Å²) in [5.41, 5.74) is 1.33. The van der Waals surface area contributed by atoms with Crippen molar-refractivity contribution in [3.8, 4) is 0 Å². The molecule has 3 rings (SSSR count). The van der Waals surface area contributed by atoms with Crippen LogP contribution in [0.4, 0.5) is 5.69 Å². The maximum atomic E-state index is 5.67. The van der Waals surface area contributed by atoms with Gasteiger partial charge < -0.3 is 20.3 Å². The van der Waals surface area contributed by atoms with Crippen molar-refractivity contribution in [3.05, 3.63) is 30.3 Å². The third kappa shape index (κ3) is 4.87. The van der Waals surface area contributed by atoms with Gasteiger partial charge >= 0.3 is 0 Å². The molecular weight excluding hydrogens is 300 g/mol. The normalized spacial score (nSPS) is 24.4. The quantitative estimate of drug-likeness (QED) is 0.620. The van der Waals surface area contributed by atoms with E-state index in [4.69, 9.17) is 9.73 Å². The predicted octanol–water partition coefficient (Wildman–Crippen LogP) is 2.25. The standard InChI is InChI=1S/C19H30N4O/c1-2-20-19(22-14-18-9-6-12-24-18)21-13-16-10-11-23(15-16)17-7-4-3-5-8-17/h3-5,7-8,16,18H,2,6,9-15H2,1H3,(H2,20,21,22). The van der Waals surface area contributed by atoms with Crippen LogP contribution < -0.4 is 15.5 Å². The summed E-state index contributed by atoms with van der Waals surface area (Å²) in [5.74, 6) is 1.55. The molecular formula is C19H30N4O. The first-order valence-corrected chi connectivity index (χ1v) is 9.29. The van der Waals surface area contributed by atoms with Crippen LogP contribution in [0, 0.1) is 5.92 Å². The molecule has 1 aromatic rings. The summed E-state index contributed by atoms with van der Waals surface area (Å²) in [7, 11) is 0. The van der Waals surface area contributed by atoms with Gasteiger partial charge in [0, 0.05) is 45.0 Å². The Labute approximate surface area is 145 Å².